The highest BCUT2D eigenvalue weighted by molar-refractivity contribution is 5.90. The van der Waals surface area contributed by atoms with Crippen LogP contribution in [0.4, 0.5) is 0 Å². The normalized spacial score (nSPS) is 27.8. The Morgan fingerprint density at radius 2 is 2.00 bits per heavy atom. The highest BCUT2D eigenvalue weighted by Crippen LogP contribution is 2.52. The summed E-state index contributed by atoms with van der Waals surface area (Å²) in [6.07, 6.45) is 5.63. The molecular weight excluding hydrogens is 298 g/mol. The molecule has 1 aliphatic heterocycles. The molecule has 1 aromatic rings. The molecule has 0 bridgehead atoms. The Morgan fingerprint density at radius 1 is 1.25 bits per heavy atom. The number of hydrogen-bond donors (Lipinski definition) is 0. The molecule has 0 unspecified atom stereocenters. The van der Waals surface area contributed by atoms with Crippen molar-refractivity contribution in [2.45, 2.75) is 58.4 Å². The average Bonchev–Trinajstić information content (AvgIpc) is 2.94. The Hall–Kier alpha value is -1.77. The first-order valence-electron chi connectivity index (χ1n) is 9.00. The lowest BCUT2D eigenvalue weighted by Crippen LogP contribution is -2.39. The third kappa shape index (κ3) is 2.74. The molecule has 24 heavy (non-hydrogen) atoms. The summed E-state index contributed by atoms with van der Waals surface area (Å²) in [6.45, 7) is 9.36. The van der Waals surface area contributed by atoms with E-state index < -0.39 is 0 Å². The third-order valence-electron chi connectivity index (χ3n) is 5.34. The van der Waals surface area contributed by atoms with Gasteiger partial charge in [-0.15, -0.1) is 0 Å². The molecule has 0 N–H and O–H groups in total. The topological polar surface area (TPSA) is 30.8 Å². The minimum absolute atomic E-state index is 0.163. The Labute approximate surface area is 145 Å². The van der Waals surface area contributed by atoms with Gasteiger partial charge in [-0.05, 0) is 44.4 Å². The van der Waals surface area contributed by atoms with Crippen LogP contribution in [0.1, 0.15) is 64.0 Å². The predicted molar refractivity (Wildman–Crippen MR) is 99.3 cm³/mol. The van der Waals surface area contributed by atoms with Crippen LogP contribution in [0.3, 0.4) is 0 Å². The van der Waals surface area contributed by atoms with Crippen LogP contribution in [0.2, 0.25) is 0 Å². The lowest BCUT2D eigenvalue weighted by Gasteiger charge is -2.41. The molecule has 0 saturated heterocycles. The van der Waals surface area contributed by atoms with E-state index in [4.69, 9.17) is 14.5 Å². The lowest BCUT2D eigenvalue weighted by atomic mass is 9.65. The van der Waals surface area contributed by atoms with Crippen molar-refractivity contribution in [3.05, 3.63) is 41.2 Å². The van der Waals surface area contributed by atoms with Gasteiger partial charge in [0.2, 0.25) is 0 Å². The van der Waals surface area contributed by atoms with Gasteiger partial charge < -0.3 is 9.47 Å². The second kappa shape index (κ2) is 6.27. The van der Waals surface area contributed by atoms with Crippen LogP contribution in [0.25, 0.3) is 6.08 Å². The van der Waals surface area contributed by atoms with E-state index >= 15 is 0 Å². The van der Waals surface area contributed by atoms with Crippen molar-refractivity contribution in [2.24, 2.45) is 10.4 Å². The van der Waals surface area contributed by atoms with Gasteiger partial charge in [-0.2, -0.15) is 0 Å². The molecular formula is C21H29NO2. The van der Waals surface area contributed by atoms with Gasteiger partial charge in [-0.3, -0.25) is 0 Å². The summed E-state index contributed by atoms with van der Waals surface area (Å²) >= 11 is 0. The molecule has 0 spiro atoms. The summed E-state index contributed by atoms with van der Waals surface area (Å²) in [6, 6.07) is 8.64. The molecule has 3 rings (SSSR count). The zero-order valence-electron chi connectivity index (χ0n) is 15.6. The molecule has 130 valence electrons. The van der Waals surface area contributed by atoms with Crippen LogP contribution in [0.15, 0.2) is 35.0 Å². The van der Waals surface area contributed by atoms with E-state index in [0.717, 1.165) is 18.1 Å². The first-order valence-corrected chi connectivity index (χ1v) is 9.00. The Balaban J connectivity index is 2.14. The molecule has 0 amide bonds. The number of methoxy groups -OCH3 is 1. The van der Waals surface area contributed by atoms with Crippen molar-refractivity contribution < 1.29 is 9.47 Å². The largest absolute Gasteiger partial charge is 0.500 e. The number of benzene rings is 1. The molecule has 1 aromatic carbocycles. The predicted octanol–water partition coefficient (Wildman–Crippen LogP) is 5.17. The van der Waals surface area contributed by atoms with Gasteiger partial charge in [-0.25, -0.2) is 4.99 Å². The second-order valence-electron chi connectivity index (χ2n) is 7.76. The van der Waals surface area contributed by atoms with Gasteiger partial charge >= 0.3 is 0 Å². The highest BCUT2D eigenvalue weighted by Gasteiger charge is 2.50. The fourth-order valence-corrected chi connectivity index (χ4v) is 3.96. The van der Waals surface area contributed by atoms with Crippen LogP contribution >= 0.6 is 0 Å². The van der Waals surface area contributed by atoms with Crippen LogP contribution in [0.5, 0.6) is 0 Å². The first kappa shape index (κ1) is 17.1. The second-order valence-corrected chi connectivity index (χ2v) is 7.76. The van der Waals surface area contributed by atoms with Gasteiger partial charge in [0.15, 0.2) is 5.90 Å². The van der Waals surface area contributed by atoms with Crippen LogP contribution in [-0.4, -0.2) is 25.2 Å². The summed E-state index contributed by atoms with van der Waals surface area (Å²) < 4.78 is 12.0. The van der Waals surface area contributed by atoms with Crippen molar-refractivity contribution in [2.75, 3.05) is 13.7 Å². The molecule has 3 heteroatoms. The molecule has 0 aromatic heterocycles. The molecule has 1 heterocycles. The maximum atomic E-state index is 6.10. The molecule has 2 atom stereocenters. The van der Waals surface area contributed by atoms with E-state index in [1.54, 1.807) is 7.11 Å². The van der Waals surface area contributed by atoms with E-state index in [-0.39, 0.29) is 11.0 Å². The van der Waals surface area contributed by atoms with E-state index in [1.807, 2.05) is 0 Å². The van der Waals surface area contributed by atoms with E-state index in [0.29, 0.717) is 12.5 Å². The smallest absolute Gasteiger partial charge is 0.198 e. The van der Waals surface area contributed by atoms with Gasteiger partial charge in [0, 0.05) is 5.92 Å². The van der Waals surface area contributed by atoms with Crippen molar-refractivity contribution in [3.63, 3.8) is 0 Å². The van der Waals surface area contributed by atoms with Crippen LogP contribution in [-0.2, 0) is 9.47 Å². The maximum Gasteiger partial charge on any atom is 0.198 e. The van der Waals surface area contributed by atoms with Crippen molar-refractivity contribution in [1.82, 2.24) is 0 Å². The highest BCUT2D eigenvalue weighted by atomic mass is 16.5. The number of aliphatic imine (C=N–C) groups is 1. The fourth-order valence-electron chi connectivity index (χ4n) is 3.96. The third-order valence-corrected chi connectivity index (χ3v) is 5.34. The van der Waals surface area contributed by atoms with Crippen molar-refractivity contribution in [3.8, 4) is 0 Å². The van der Waals surface area contributed by atoms with Gasteiger partial charge in [0.05, 0.1) is 12.6 Å². The Morgan fingerprint density at radius 3 is 2.62 bits per heavy atom. The zero-order valence-corrected chi connectivity index (χ0v) is 15.6. The van der Waals surface area contributed by atoms with Gasteiger partial charge in [0.25, 0.3) is 0 Å². The molecule has 0 saturated carbocycles. The number of ether oxygens (including phenoxy) is 2. The molecule has 2 aliphatic rings. The monoisotopic (exact) mass is 327 g/mol. The summed E-state index contributed by atoms with van der Waals surface area (Å²) in [5.74, 6) is 2.11. The van der Waals surface area contributed by atoms with Crippen molar-refractivity contribution >= 4 is 12.0 Å². The molecule has 0 fully saturated rings. The van der Waals surface area contributed by atoms with Gasteiger partial charge in [0.1, 0.15) is 17.8 Å². The maximum absolute atomic E-state index is 6.10. The number of nitrogens with zero attached hydrogens (tertiary/aromatic N) is 1. The summed E-state index contributed by atoms with van der Waals surface area (Å²) in [4.78, 5) is 4.92. The molecule has 0 radical (unpaired) electrons. The van der Waals surface area contributed by atoms with Crippen LogP contribution < -0.4 is 0 Å². The van der Waals surface area contributed by atoms with Crippen LogP contribution in [0, 0.1) is 5.41 Å². The molecule has 3 nitrogen and oxygen atoms in total. The summed E-state index contributed by atoms with van der Waals surface area (Å²) in [7, 11) is 1.76. The average molecular weight is 327 g/mol. The summed E-state index contributed by atoms with van der Waals surface area (Å²) in [5.41, 5.74) is 2.13. The number of fused-ring (bicyclic) bond motifs is 1. The lowest BCUT2D eigenvalue weighted by molar-refractivity contribution is 0.168. The number of rotatable bonds is 5. The van der Waals surface area contributed by atoms with E-state index in [9.17, 15) is 0 Å². The quantitative estimate of drug-likeness (QED) is 0.746. The summed E-state index contributed by atoms with van der Waals surface area (Å²) in [5, 5.41) is 0. The molecule has 1 aliphatic carbocycles. The van der Waals surface area contributed by atoms with Crippen molar-refractivity contribution in [1.29, 1.82) is 0 Å². The minimum Gasteiger partial charge on any atom is -0.500 e. The number of hydrogen-bond acceptors (Lipinski definition) is 3. The zero-order chi connectivity index (χ0) is 17.4. The minimum atomic E-state index is -0.341. The standard InChI is InChI=1S/C21H29NO2/c1-6-7-12-17-16-11-9-8-10-15(16)13-18(23-5)21(17,4)19-22-20(2,3)14-24-19/h8-11,13,17H,6-7,12,14H2,1-5H3/t17-,21-/m0/s1. The van der Waals surface area contributed by atoms with E-state index in [2.05, 4.69) is 58.0 Å². The first-order chi connectivity index (χ1) is 11.4. The Kier molecular flexibility index (Phi) is 4.46. The SMILES string of the molecule is CCCC[C@H]1c2ccccc2C=C(OC)[C@@]1(C)C1=NC(C)(C)CO1. The number of unbranched alkanes of at least 4 members (excludes halogenated alkanes) is 1. The van der Waals surface area contributed by atoms with Gasteiger partial charge in [-0.1, -0.05) is 44.0 Å². The van der Waals surface area contributed by atoms with E-state index in [1.165, 1.54) is 24.0 Å². The fraction of sp³-hybridized carbons (Fsp3) is 0.571. The Bertz CT molecular complexity index is 674.